The standard InChI is InChI=1S/C17H21N3O4S/c1-3-24-15(22)9-6-10-18-14(21)11-25-17-19-13-8-5-4-7-12(13)16(23)20(17)2/h4-5,7-8H,3,6,9-11H2,1-2H3,(H,18,21). The first-order valence-corrected chi connectivity index (χ1v) is 9.02. The summed E-state index contributed by atoms with van der Waals surface area (Å²) in [4.78, 5) is 39.8. The minimum atomic E-state index is -0.263. The molecule has 0 radical (unpaired) electrons. The van der Waals surface area contributed by atoms with Crippen molar-refractivity contribution in [3.05, 3.63) is 34.6 Å². The van der Waals surface area contributed by atoms with Crippen molar-refractivity contribution >= 4 is 34.5 Å². The normalized spacial score (nSPS) is 10.6. The number of thioether (sulfide) groups is 1. The van der Waals surface area contributed by atoms with Gasteiger partial charge in [-0.3, -0.25) is 19.0 Å². The Morgan fingerprint density at radius 2 is 2.08 bits per heavy atom. The predicted octanol–water partition coefficient (Wildman–Crippen LogP) is 1.49. The molecule has 8 heteroatoms. The minimum Gasteiger partial charge on any atom is -0.466 e. The van der Waals surface area contributed by atoms with Gasteiger partial charge in [-0.1, -0.05) is 23.9 Å². The lowest BCUT2D eigenvalue weighted by atomic mass is 10.2. The fourth-order valence-corrected chi connectivity index (χ4v) is 3.00. The van der Waals surface area contributed by atoms with Gasteiger partial charge in [0.2, 0.25) is 5.91 Å². The molecule has 7 nitrogen and oxygen atoms in total. The van der Waals surface area contributed by atoms with Crippen LogP contribution < -0.4 is 10.9 Å². The van der Waals surface area contributed by atoms with Gasteiger partial charge in [0, 0.05) is 20.0 Å². The number of nitrogens with zero attached hydrogens (tertiary/aromatic N) is 2. The summed E-state index contributed by atoms with van der Waals surface area (Å²) >= 11 is 1.20. The molecule has 2 aromatic rings. The summed E-state index contributed by atoms with van der Waals surface area (Å²) in [5.74, 6) is -0.282. The second kappa shape index (κ2) is 9.22. The lowest BCUT2D eigenvalue weighted by Gasteiger charge is -2.09. The number of carbonyl (C=O) groups is 2. The van der Waals surface area contributed by atoms with E-state index in [1.54, 1.807) is 32.2 Å². The first-order chi connectivity index (χ1) is 12.0. The van der Waals surface area contributed by atoms with Crippen molar-refractivity contribution in [1.82, 2.24) is 14.9 Å². The van der Waals surface area contributed by atoms with Gasteiger partial charge in [0.05, 0.1) is 23.3 Å². The summed E-state index contributed by atoms with van der Waals surface area (Å²) in [5.41, 5.74) is 0.478. The van der Waals surface area contributed by atoms with Crippen LogP contribution in [0.15, 0.2) is 34.2 Å². The number of hydrogen-bond donors (Lipinski definition) is 1. The van der Waals surface area contributed by atoms with E-state index in [1.165, 1.54) is 16.3 Å². The third kappa shape index (κ3) is 5.32. The van der Waals surface area contributed by atoms with E-state index in [2.05, 4.69) is 10.3 Å². The highest BCUT2D eigenvalue weighted by Crippen LogP contribution is 2.16. The Bertz CT molecular complexity index is 819. The van der Waals surface area contributed by atoms with Crippen LogP contribution >= 0.6 is 11.8 Å². The average molecular weight is 363 g/mol. The van der Waals surface area contributed by atoms with Crippen molar-refractivity contribution in [3.8, 4) is 0 Å². The van der Waals surface area contributed by atoms with Crippen LogP contribution in [0.4, 0.5) is 0 Å². The molecular weight excluding hydrogens is 342 g/mol. The predicted molar refractivity (Wildman–Crippen MR) is 96.6 cm³/mol. The number of rotatable bonds is 8. The number of para-hydroxylation sites is 1. The van der Waals surface area contributed by atoms with E-state index < -0.39 is 0 Å². The van der Waals surface area contributed by atoms with E-state index in [0.29, 0.717) is 35.6 Å². The van der Waals surface area contributed by atoms with E-state index in [-0.39, 0.29) is 29.6 Å². The molecule has 0 unspecified atom stereocenters. The molecule has 1 N–H and O–H groups in total. The second-order valence-electron chi connectivity index (χ2n) is 5.32. The zero-order valence-corrected chi connectivity index (χ0v) is 15.1. The molecule has 1 amide bonds. The van der Waals surface area contributed by atoms with Crippen LogP contribution in [0.5, 0.6) is 0 Å². The number of fused-ring (bicyclic) bond motifs is 1. The smallest absolute Gasteiger partial charge is 0.305 e. The molecule has 25 heavy (non-hydrogen) atoms. The molecule has 2 rings (SSSR count). The van der Waals surface area contributed by atoms with Crippen molar-refractivity contribution in [2.75, 3.05) is 18.9 Å². The number of hydrogen-bond acceptors (Lipinski definition) is 6. The summed E-state index contributed by atoms with van der Waals surface area (Å²) < 4.78 is 6.26. The van der Waals surface area contributed by atoms with Gasteiger partial charge in [-0.05, 0) is 25.5 Å². The molecule has 1 aromatic heterocycles. The summed E-state index contributed by atoms with van der Waals surface area (Å²) in [5, 5.41) is 3.78. The van der Waals surface area contributed by atoms with Gasteiger partial charge < -0.3 is 10.1 Å². The van der Waals surface area contributed by atoms with Crippen molar-refractivity contribution in [1.29, 1.82) is 0 Å². The Kier molecular flexibility index (Phi) is 7.00. The van der Waals surface area contributed by atoms with Gasteiger partial charge >= 0.3 is 5.97 Å². The molecule has 0 aliphatic carbocycles. The summed E-state index contributed by atoms with van der Waals surface area (Å²) in [7, 11) is 1.64. The van der Waals surface area contributed by atoms with Crippen LogP contribution in [0.2, 0.25) is 0 Å². The van der Waals surface area contributed by atoms with E-state index in [0.717, 1.165) is 0 Å². The van der Waals surface area contributed by atoms with Crippen molar-refractivity contribution in [2.24, 2.45) is 7.05 Å². The number of amides is 1. The maximum absolute atomic E-state index is 12.3. The van der Waals surface area contributed by atoms with E-state index in [9.17, 15) is 14.4 Å². The minimum absolute atomic E-state index is 0.136. The highest BCUT2D eigenvalue weighted by molar-refractivity contribution is 7.99. The maximum atomic E-state index is 12.3. The molecule has 0 atom stereocenters. The first-order valence-electron chi connectivity index (χ1n) is 8.03. The van der Waals surface area contributed by atoms with Gasteiger partial charge in [-0.2, -0.15) is 0 Å². The third-order valence-corrected chi connectivity index (χ3v) is 4.49. The van der Waals surface area contributed by atoms with E-state index in [4.69, 9.17) is 4.74 Å². The van der Waals surface area contributed by atoms with E-state index >= 15 is 0 Å². The molecule has 0 spiro atoms. The topological polar surface area (TPSA) is 90.3 Å². The molecule has 0 bridgehead atoms. The third-order valence-electron chi connectivity index (χ3n) is 3.46. The zero-order valence-electron chi connectivity index (χ0n) is 14.3. The molecule has 0 saturated carbocycles. The fourth-order valence-electron chi connectivity index (χ4n) is 2.20. The van der Waals surface area contributed by atoms with Crippen LogP contribution in [0.25, 0.3) is 10.9 Å². The van der Waals surface area contributed by atoms with Crippen molar-refractivity contribution < 1.29 is 14.3 Å². The van der Waals surface area contributed by atoms with Gasteiger partial charge in [0.15, 0.2) is 5.16 Å². The van der Waals surface area contributed by atoms with Crippen LogP contribution in [0.3, 0.4) is 0 Å². The quantitative estimate of drug-likeness (QED) is 0.331. The largest absolute Gasteiger partial charge is 0.466 e. The van der Waals surface area contributed by atoms with Crippen LogP contribution in [-0.4, -0.2) is 40.3 Å². The van der Waals surface area contributed by atoms with Gasteiger partial charge in [0.1, 0.15) is 0 Å². The van der Waals surface area contributed by atoms with Crippen molar-refractivity contribution in [3.63, 3.8) is 0 Å². The van der Waals surface area contributed by atoms with Crippen LogP contribution in [0, 0.1) is 0 Å². The summed E-state index contributed by atoms with van der Waals surface area (Å²) in [6.07, 6.45) is 0.809. The highest BCUT2D eigenvalue weighted by Gasteiger charge is 2.10. The lowest BCUT2D eigenvalue weighted by molar-refractivity contribution is -0.143. The fraction of sp³-hybridized carbons (Fsp3) is 0.412. The molecule has 0 saturated heterocycles. The Morgan fingerprint density at radius 1 is 1.32 bits per heavy atom. The Balaban J connectivity index is 1.86. The monoisotopic (exact) mass is 363 g/mol. The molecular formula is C17H21N3O4S. The number of carbonyl (C=O) groups excluding carboxylic acids is 2. The molecule has 0 fully saturated rings. The van der Waals surface area contributed by atoms with Crippen molar-refractivity contribution in [2.45, 2.75) is 24.9 Å². The van der Waals surface area contributed by atoms with Gasteiger partial charge in [-0.15, -0.1) is 0 Å². The Morgan fingerprint density at radius 3 is 2.84 bits per heavy atom. The zero-order chi connectivity index (χ0) is 18.2. The highest BCUT2D eigenvalue weighted by atomic mass is 32.2. The molecule has 0 aliphatic heterocycles. The number of aromatic nitrogens is 2. The number of esters is 1. The summed E-state index contributed by atoms with van der Waals surface area (Å²) in [6.45, 7) is 2.52. The summed E-state index contributed by atoms with van der Waals surface area (Å²) in [6, 6.07) is 7.12. The number of ether oxygens (including phenoxy) is 1. The van der Waals surface area contributed by atoms with Crippen LogP contribution in [-0.2, 0) is 21.4 Å². The maximum Gasteiger partial charge on any atom is 0.305 e. The second-order valence-corrected chi connectivity index (χ2v) is 6.27. The number of benzene rings is 1. The molecule has 134 valence electrons. The molecule has 0 aliphatic rings. The number of nitrogens with one attached hydrogen (secondary N) is 1. The SMILES string of the molecule is CCOC(=O)CCCNC(=O)CSc1nc2ccccc2c(=O)n1C. The first kappa shape index (κ1) is 19.0. The Hall–Kier alpha value is -2.35. The van der Waals surface area contributed by atoms with Gasteiger partial charge in [0.25, 0.3) is 5.56 Å². The Labute approximate surface area is 149 Å². The lowest BCUT2D eigenvalue weighted by Crippen LogP contribution is -2.27. The van der Waals surface area contributed by atoms with E-state index in [1.807, 2.05) is 6.07 Å². The molecule has 1 heterocycles. The van der Waals surface area contributed by atoms with Gasteiger partial charge in [-0.25, -0.2) is 4.98 Å². The average Bonchev–Trinajstić information content (AvgIpc) is 2.61. The van der Waals surface area contributed by atoms with Crippen LogP contribution in [0.1, 0.15) is 19.8 Å². The molecule has 1 aromatic carbocycles.